The standard InChI is InChI=1S/C20H19N3OS2/c1-23(2)17(15-11-25-18-6-4-3-5-14(15)18)10-21-20(24)13-7-8-16-19(9-13)26-12-22-16/h3-9,11-12,17H,10H2,1-2H3,(H,21,24)/t17-/m1/s1. The fourth-order valence-electron chi connectivity index (χ4n) is 3.11. The second kappa shape index (κ2) is 7.15. The lowest BCUT2D eigenvalue weighted by Crippen LogP contribution is -2.34. The van der Waals surface area contributed by atoms with Crippen molar-refractivity contribution in [2.75, 3.05) is 20.6 Å². The summed E-state index contributed by atoms with van der Waals surface area (Å²) < 4.78 is 2.31. The molecule has 1 atom stereocenters. The summed E-state index contributed by atoms with van der Waals surface area (Å²) in [5, 5.41) is 6.56. The number of nitrogens with zero attached hydrogens (tertiary/aromatic N) is 2. The highest BCUT2D eigenvalue weighted by Gasteiger charge is 2.19. The molecule has 0 radical (unpaired) electrons. The van der Waals surface area contributed by atoms with Gasteiger partial charge in [-0.25, -0.2) is 4.98 Å². The second-order valence-corrected chi connectivity index (χ2v) is 8.21. The van der Waals surface area contributed by atoms with Crippen LogP contribution < -0.4 is 5.32 Å². The Morgan fingerprint density at radius 2 is 2.00 bits per heavy atom. The lowest BCUT2D eigenvalue weighted by molar-refractivity contribution is 0.0942. The molecule has 0 unspecified atom stereocenters. The summed E-state index contributed by atoms with van der Waals surface area (Å²) >= 11 is 3.30. The zero-order valence-corrected chi connectivity index (χ0v) is 16.2. The Balaban J connectivity index is 1.54. The summed E-state index contributed by atoms with van der Waals surface area (Å²) in [7, 11) is 4.10. The number of likely N-dealkylation sites (N-methyl/N-ethyl adjacent to an activating group) is 1. The summed E-state index contributed by atoms with van der Waals surface area (Å²) in [6.07, 6.45) is 0. The highest BCUT2D eigenvalue weighted by Crippen LogP contribution is 2.32. The van der Waals surface area contributed by atoms with E-state index in [0.29, 0.717) is 12.1 Å². The van der Waals surface area contributed by atoms with Gasteiger partial charge in [0, 0.05) is 16.8 Å². The van der Waals surface area contributed by atoms with Crippen molar-refractivity contribution < 1.29 is 4.79 Å². The molecule has 0 spiro atoms. The maximum absolute atomic E-state index is 12.6. The first-order valence-corrected chi connectivity index (χ1v) is 10.1. The minimum atomic E-state index is -0.0494. The van der Waals surface area contributed by atoms with Gasteiger partial charge in [0.25, 0.3) is 5.91 Å². The molecule has 132 valence electrons. The molecular weight excluding hydrogens is 362 g/mol. The molecule has 4 nitrogen and oxygen atoms in total. The fourth-order valence-corrected chi connectivity index (χ4v) is 4.84. The Morgan fingerprint density at radius 3 is 2.85 bits per heavy atom. The number of amides is 1. The predicted octanol–water partition coefficient (Wildman–Crippen LogP) is 4.54. The van der Waals surface area contributed by atoms with Crippen molar-refractivity contribution in [1.29, 1.82) is 0 Å². The van der Waals surface area contributed by atoms with E-state index >= 15 is 0 Å². The number of benzene rings is 2. The van der Waals surface area contributed by atoms with E-state index in [1.54, 1.807) is 28.2 Å². The minimum Gasteiger partial charge on any atom is -0.350 e. The number of aromatic nitrogens is 1. The number of carbonyl (C=O) groups excluding carboxylic acids is 1. The summed E-state index contributed by atoms with van der Waals surface area (Å²) in [4.78, 5) is 19.0. The first-order chi connectivity index (χ1) is 12.6. The summed E-state index contributed by atoms with van der Waals surface area (Å²) in [6, 6.07) is 14.2. The van der Waals surface area contributed by atoms with Crippen LogP contribution >= 0.6 is 22.7 Å². The number of thiophene rings is 1. The van der Waals surface area contributed by atoms with Crippen molar-refractivity contribution in [3.63, 3.8) is 0 Å². The average molecular weight is 382 g/mol. The molecule has 0 bridgehead atoms. The van der Waals surface area contributed by atoms with Crippen LogP contribution in [0.15, 0.2) is 53.4 Å². The quantitative estimate of drug-likeness (QED) is 0.552. The third kappa shape index (κ3) is 3.23. The van der Waals surface area contributed by atoms with Gasteiger partial charge < -0.3 is 10.2 Å². The molecule has 2 aromatic heterocycles. The first kappa shape index (κ1) is 17.1. The lowest BCUT2D eigenvalue weighted by Gasteiger charge is -2.24. The number of nitrogens with one attached hydrogen (secondary N) is 1. The van der Waals surface area contributed by atoms with Crippen LogP contribution in [0.4, 0.5) is 0 Å². The predicted molar refractivity (Wildman–Crippen MR) is 110 cm³/mol. The van der Waals surface area contributed by atoms with Crippen molar-refractivity contribution in [2.24, 2.45) is 0 Å². The van der Waals surface area contributed by atoms with E-state index in [4.69, 9.17) is 0 Å². The third-order valence-corrected chi connectivity index (χ3v) is 6.32. The SMILES string of the molecule is CN(C)[C@H](CNC(=O)c1ccc2ncsc2c1)c1csc2ccccc12. The normalized spacial score (nSPS) is 12.7. The number of carbonyl (C=O) groups is 1. The molecule has 4 aromatic rings. The van der Waals surface area contributed by atoms with E-state index in [9.17, 15) is 4.79 Å². The Kier molecular flexibility index (Phi) is 4.72. The average Bonchev–Trinajstić information content (AvgIpc) is 3.28. The van der Waals surface area contributed by atoms with Crippen LogP contribution in [-0.4, -0.2) is 36.4 Å². The van der Waals surface area contributed by atoms with Crippen molar-refractivity contribution in [1.82, 2.24) is 15.2 Å². The highest BCUT2D eigenvalue weighted by atomic mass is 32.1. The van der Waals surface area contributed by atoms with Gasteiger partial charge in [0.15, 0.2) is 0 Å². The zero-order chi connectivity index (χ0) is 18.1. The van der Waals surface area contributed by atoms with Crippen LogP contribution in [0, 0.1) is 0 Å². The van der Waals surface area contributed by atoms with Crippen LogP contribution in [0.25, 0.3) is 20.3 Å². The second-order valence-electron chi connectivity index (χ2n) is 6.41. The van der Waals surface area contributed by atoms with Gasteiger partial charge in [0.05, 0.1) is 21.8 Å². The van der Waals surface area contributed by atoms with Crippen molar-refractivity contribution >= 4 is 48.9 Å². The van der Waals surface area contributed by atoms with Gasteiger partial charge in [-0.05, 0) is 54.7 Å². The summed E-state index contributed by atoms with van der Waals surface area (Å²) in [5.74, 6) is -0.0494. The van der Waals surface area contributed by atoms with E-state index in [1.165, 1.54) is 15.6 Å². The Hall–Kier alpha value is -2.28. The van der Waals surface area contributed by atoms with E-state index in [1.807, 2.05) is 32.3 Å². The maximum Gasteiger partial charge on any atom is 0.251 e. The summed E-state index contributed by atoms with van der Waals surface area (Å²) in [6.45, 7) is 0.563. The van der Waals surface area contributed by atoms with Gasteiger partial charge in [-0.1, -0.05) is 18.2 Å². The molecule has 1 amide bonds. The number of hydrogen-bond donors (Lipinski definition) is 1. The van der Waals surface area contributed by atoms with Crippen LogP contribution in [0.3, 0.4) is 0 Å². The van der Waals surface area contributed by atoms with Gasteiger partial charge in [-0.2, -0.15) is 0 Å². The molecular formula is C20H19N3OS2. The Labute approximate surface area is 160 Å². The Bertz CT molecular complexity index is 1070. The molecule has 2 aromatic carbocycles. The van der Waals surface area contributed by atoms with Gasteiger partial charge in [-0.15, -0.1) is 22.7 Å². The topological polar surface area (TPSA) is 45.2 Å². The van der Waals surface area contributed by atoms with Gasteiger partial charge in [0.1, 0.15) is 0 Å². The van der Waals surface area contributed by atoms with E-state index < -0.39 is 0 Å². The molecule has 26 heavy (non-hydrogen) atoms. The van der Waals surface area contributed by atoms with Gasteiger partial charge in [0.2, 0.25) is 0 Å². The number of rotatable bonds is 5. The van der Waals surface area contributed by atoms with Crippen LogP contribution in [-0.2, 0) is 0 Å². The molecule has 0 aliphatic heterocycles. The molecule has 1 N–H and O–H groups in total. The summed E-state index contributed by atoms with van der Waals surface area (Å²) in [5.41, 5.74) is 4.67. The molecule has 6 heteroatoms. The van der Waals surface area contributed by atoms with Crippen LogP contribution in [0.5, 0.6) is 0 Å². The van der Waals surface area contributed by atoms with Gasteiger partial charge >= 0.3 is 0 Å². The molecule has 0 aliphatic carbocycles. The maximum atomic E-state index is 12.6. The molecule has 0 saturated heterocycles. The molecule has 2 heterocycles. The molecule has 0 fully saturated rings. The zero-order valence-electron chi connectivity index (χ0n) is 14.6. The number of thiazole rings is 1. The van der Waals surface area contributed by atoms with Crippen LogP contribution in [0.2, 0.25) is 0 Å². The van der Waals surface area contributed by atoms with Crippen molar-refractivity contribution in [3.8, 4) is 0 Å². The van der Waals surface area contributed by atoms with E-state index in [-0.39, 0.29) is 11.9 Å². The van der Waals surface area contributed by atoms with Gasteiger partial charge in [-0.3, -0.25) is 4.79 Å². The van der Waals surface area contributed by atoms with E-state index in [0.717, 1.165) is 10.2 Å². The van der Waals surface area contributed by atoms with Crippen molar-refractivity contribution in [2.45, 2.75) is 6.04 Å². The third-order valence-electron chi connectivity index (χ3n) is 4.54. The van der Waals surface area contributed by atoms with Crippen molar-refractivity contribution in [3.05, 3.63) is 64.5 Å². The number of fused-ring (bicyclic) bond motifs is 2. The number of hydrogen-bond acceptors (Lipinski definition) is 5. The van der Waals surface area contributed by atoms with E-state index in [2.05, 4.69) is 44.8 Å². The monoisotopic (exact) mass is 381 g/mol. The lowest BCUT2D eigenvalue weighted by atomic mass is 10.0. The molecule has 0 saturated carbocycles. The smallest absolute Gasteiger partial charge is 0.251 e. The molecule has 4 rings (SSSR count). The minimum absolute atomic E-state index is 0.0494. The van der Waals surface area contributed by atoms with Crippen LogP contribution in [0.1, 0.15) is 22.0 Å². The fraction of sp³-hybridized carbons (Fsp3) is 0.200. The largest absolute Gasteiger partial charge is 0.350 e. The highest BCUT2D eigenvalue weighted by molar-refractivity contribution is 7.17. The first-order valence-electron chi connectivity index (χ1n) is 8.37. The Morgan fingerprint density at radius 1 is 1.15 bits per heavy atom. The molecule has 0 aliphatic rings.